The summed E-state index contributed by atoms with van der Waals surface area (Å²) in [4.78, 5) is 4.26. The number of aromatic nitrogens is 2. The van der Waals surface area contributed by atoms with E-state index in [-0.39, 0.29) is 6.04 Å². The van der Waals surface area contributed by atoms with Gasteiger partial charge in [-0.05, 0) is 32.2 Å². The van der Waals surface area contributed by atoms with Crippen LogP contribution < -0.4 is 5.32 Å². The lowest BCUT2D eigenvalue weighted by Crippen LogP contribution is -2.31. The van der Waals surface area contributed by atoms with E-state index < -0.39 is 0 Å². The summed E-state index contributed by atoms with van der Waals surface area (Å²) in [6.07, 6.45) is 3.63. The van der Waals surface area contributed by atoms with E-state index in [0.717, 1.165) is 30.6 Å². The first kappa shape index (κ1) is 9.65. The van der Waals surface area contributed by atoms with Crippen LogP contribution >= 0.6 is 0 Å². The highest BCUT2D eigenvalue weighted by Gasteiger charge is 2.25. The number of aryl methyl sites for hydroxylation is 1. The van der Waals surface area contributed by atoms with Crippen LogP contribution in [0.2, 0.25) is 0 Å². The molecule has 1 N–H and O–H groups in total. The van der Waals surface area contributed by atoms with Gasteiger partial charge in [0.2, 0.25) is 5.89 Å². The van der Waals surface area contributed by atoms with Gasteiger partial charge < -0.3 is 9.84 Å². The molecular weight excluding hydrogens is 178 g/mol. The lowest BCUT2D eigenvalue weighted by Gasteiger charge is -2.27. The normalized spacial score (nSPS) is 27.9. The first-order chi connectivity index (χ1) is 6.79. The molecule has 4 heteroatoms. The van der Waals surface area contributed by atoms with Gasteiger partial charge in [-0.25, -0.2) is 0 Å². The minimum Gasteiger partial charge on any atom is -0.338 e. The molecule has 1 aromatic heterocycles. The van der Waals surface area contributed by atoms with Gasteiger partial charge in [0.05, 0.1) is 6.04 Å². The van der Waals surface area contributed by atoms with Gasteiger partial charge in [0.1, 0.15) is 0 Å². The van der Waals surface area contributed by atoms with Crippen molar-refractivity contribution in [2.75, 3.05) is 6.54 Å². The average Bonchev–Trinajstić information content (AvgIpc) is 2.65. The molecule has 0 amide bonds. The predicted molar refractivity (Wildman–Crippen MR) is 52.8 cm³/mol. The highest BCUT2D eigenvalue weighted by molar-refractivity contribution is 4.94. The monoisotopic (exact) mass is 195 g/mol. The van der Waals surface area contributed by atoms with Crippen molar-refractivity contribution < 1.29 is 4.52 Å². The maximum Gasteiger partial charge on any atom is 0.243 e. The van der Waals surface area contributed by atoms with Crippen LogP contribution in [0.15, 0.2) is 4.52 Å². The van der Waals surface area contributed by atoms with E-state index in [9.17, 15) is 0 Å². The molecule has 4 nitrogen and oxygen atoms in total. The first-order valence-electron chi connectivity index (χ1n) is 5.33. The van der Waals surface area contributed by atoms with Gasteiger partial charge in [0, 0.05) is 0 Å². The lowest BCUT2D eigenvalue weighted by molar-refractivity contribution is 0.245. The lowest BCUT2D eigenvalue weighted by atomic mass is 9.90. The topological polar surface area (TPSA) is 51.0 Å². The van der Waals surface area contributed by atoms with E-state index in [2.05, 4.69) is 22.4 Å². The quantitative estimate of drug-likeness (QED) is 0.782. The van der Waals surface area contributed by atoms with E-state index in [1.54, 1.807) is 0 Å². The molecule has 0 bridgehead atoms. The third-order valence-electron chi connectivity index (χ3n) is 2.93. The summed E-state index contributed by atoms with van der Waals surface area (Å²) in [7, 11) is 0. The predicted octanol–water partition coefficient (Wildman–Crippen LogP) is 1.83. The molecule has 0 radical (unpaired) electrons. The van der Waals surface area contributed by atoms with Crippen LogP contribution in [0.4, 0.5) is 0 Å². The van der Waals surface area contributed by atoms with Crippen LogP contribution in [0.25, 0.3) is 0 Å². The molecule has 1 aliphatic rings. The maximum absolute atomic E-state index is 5.17. The molecule has 2 unspecified atom stereocenters. The van der Waals surface area contributed by atoms with Crippen LogP contribution in [0.1, 0.15) is 43.9 Å². The largest absolute Gasteiger partial charge is 0.338 e. The summed E-state index contributed by atoms with van der Waals surface area (Å²) in [5, 5.41) is 7.23. The smallest absolute Gasteiger partial charge is 0.243 e. The number of hydrogen-bond donors (Lipinski definition) is 1. The van der Waals surface area contributed by atoms with E-state index in [0.29, 0.717) is 0 Å². The number of rotatable bonds is 2. The van der Waals surface area contributed by atoms with Gasteiger partial charge in [-0.1, -0.05) is 18.5 Å². The van der Waals surface area contributed by atoms with Gasteiger partial charge in [-0.3, -0.25) is 0 Å². The maximum atomic E-state index is 5.17. The average molecular weight is 195 g/mol. The molecule has 1 saturated heterocycles. The number of nitrogens with one attached hydrogen (secondary N) is 1. The van der Waals surface area contributed by atoms with Crippen molar-refractivity contribution in [1.82, 2.24) is 15.5 Å². The molecule has 1 aliphatic heterocycles. The van der Waals surface area contributed by atoms with Crippen LogP contribution in [-0.4, -0.2) is 16.7 Å². The molecule has 1 aromatic rings. The summed E-state index contributed by atoms with van der Waals surface area (Å²) in [6.45, 7) is 5.16. The fourth-order valence-corrected chi connectivity index (χ4v) is 2.01. The Bertz CT molecular complexity index is 297. The summed E-state index contributed by atoms with van der Waals surface area (Å²) in [5.41, 5.74) is 0. The van der Waals surface area contributed by atoms with Gasteiger partial charge in [0.15, 0.2) is 5.82 Å². The zero-order valence-corrected chi connectivity index (χ0v) is 8.79. The molecule has 0 aromatic carbocycles. The summed E-state index contributed by atoms with van der Waals surface area (Å²) in [6, 6.07) is 0.273. The van der Waals surface area contributed by atoms with Crippen molar-refractivity contribution in [2.24, 2.45) is 5.92 Å². The number of nitrogens with zero attached hydrogens (tertiary/aromatic N) is 2. The standard InChI is InChI=1S/C10H17N3O/c1-3-8-4-5-11-9(6-8)10-12-7(2)13-14-10/h8-9,11H,3-6H2,1-2H3. The summed E-state index contributed by atoms with van der Waals surface area (Å²) < 4.78 is 5.17. The SMILES string of the molecule is CCC1CCNC(c2nc(C)no2)C1. The number of piperidine rings is 1. The third-order valence-corrected chi connectivity index (χ3v) is 2.93. The zero-order valence-electron chi connectivity index (χ0n) is 8.79. The minimum absolute atomic E-state index is 0.273. The molecule has 0 saturated carbocycles. The van der Waals surface area contributed by atoms with E-state index >= 15 is 0 Å². The van der Waals surface area contributed by atoms with Crippen molar-refractivity contribution in [3.8, 4) is 0 Å². The van der Waals surface area contributed by atoms with Gasteiger partial charge in [-0.2, -0.15) is 4.98 Å². The Kier molecular flexibility index (Phi) is 2.82. The van der Waals surface area contributed by atoms with Crippen molar-refractivity contribution in [2.45, 2.75) is 39.2 Å². The first-order valence-corrected chi connectivity index (χ1v) is 5.33. The molecular formula is C10H17N3O. The number of hydrogen-bond acceptors (Lipinski definition) is 4. The summed E-state index contributed by atoms with van der Waals surface area (Å²) >= 11 is 0. The van der Waals surface area contributed by atoms with Crippen LogP contribution in [0.3, 0.4) is 0 Å². The summed E-state index contributed by atoms with van der Waals surface area (Å²) in [5.74, 6) is 2.27. The van der Waals surface area contributed by atoms with Gasteiger partial charge >= 0.3 is 0 Å². The van der Waals surface area contributed by atoms with Gasteiger partial charge in [0.25, 0.3) is 0 Å². The Morgan fingerprint density at radius 3 is 3.07 bits per heavy atom. The Morgan fingerprint density at radius 1 is 1.57 bits per heavy atom. The molecule has 14 heavy (non-hydrogen) atoms. The Hall–Kier alpha value is -0.900. The van der Waals surface area contributed by atoms with Crippen molar-refractivity contribution in [3.05, 3.63) is 11.7 Å². The van der Waals surface area contributed by atoms with Crippen LogP contribution in [-0.2, 0) is 0 Å². The third kappa shape index (κ3) is 1.95. The van der Waals surface area contributed by atoms with E-state index in [4.69, 9.17) is 4.52 Å². The second-order valence-electron chi connectivity index (χ2n) is 3.99. The van der Waals surface area contributed by atoms with E-state index in [1.165, 1.54) is 12.8 Å². The molecule has 0 aliphatic carbocycles. The van der Waals surface area contributed by atoms with Gasteiger partial charge in [-0.15, -0.1) is 0 Å². The molecule has 2 atom stereocenters. The highest BCUT2D eigenvalue weighted by Crippen LogP contribution is 2.27. The van der Waals surface area contributed by atoms with Crippen LogP contribution in [0.5, 0.6) is 0 Å². The Balaban J connectivity index is 2.04. The molecule has 2 rings (SSSR count). The Labute approximate surface area is 84.1 Å². The zero-order chi connectivity index (χ0) is 9.97. The second kappa shape index (κ2) is 4.09. The molecule has 2 heterocycles. The minimum atomic E-state index is 0.273. The Morgan fingerprint density at radius 2 is 2.43 bits per heavy atom. The highest BCUT2D eigenvalue weighted by atomic mass is 16.5. The van der Waals surface area contributed by atoms with Crippen LogP contribution in [0, 0.1) is 12.8 Å². The fourth-order valence-electron chi connectivity index (χ4n) is 2.01. The molecule has 1 fully saturated rings. The second-order valence-corrected chi connectivity index (χ2v) is 3.99. The fraction of sp³-hybridized carbons (Fsp3) is 0.800. The van der Waals surface area contributed by atoms with Crippen molar-refractivity contribution in [1.29, 1.82) is 0 Å². The molecule has 78 valence electrons. The van der Waals surface area contributed by atoms with E-state index in [1.807, 2.05) is 6.92 Å². The molecule has 0 spiro atoms. The van der Waals surface area contributed by atoms with Crippen molar-refractivity contribution >= 4 is 0 Å². The van der Waals surface area contributed by atoms with Crippen molar-refractivity contribution in [3.63, 3.8) is 0 Å².